The van der Waals surface area contributed by atoms with E-state index in [4.69, 9.17) is 22.1 Å². The summed E-state index contributed by atoms with van der Waals surface area (Å²) in [5.41, 5.74) is 5.31. The van der Waals surface area contributed by atoms with Crippen molar-refractivity contribution >= 4 is 27.5 Å². The molecular weight excluding hydrogens is 328 g/mol. The highest BCUT2D eigenvalue weighted by Gasteiger charge is 2.34. The standard InChI is InChI=1S/C14H19ClN2O4S/c1-2-21-12-6-5-11(15)8-13(12)22(19,20)17-7-3-4-10(9-17)14(16)18/h5-6,8,10H,2-4,7,9H2,1H3,(H2,16,18)/t10-/m0/s1. The highest BCUT2D eigenvalue weighted by Crippen LogP contribution is 2.32. The smallest absolute Gasteiger partial charge is 0.246 e. The number of sulfonamides is 1. The second-order valence-corrected chi connectivity index (χ2v) is 7.47. The predicted molar refractivity (Wildman–Crippen MR) is 83.3 cm³/mol. The molecule has 8 heteroatoms. The summed E-state index contributed by atoms with van der Waals surface area (Å²) in [6, 6.07) is 4.48. The summed E-state index contributed by atoms with van der Waals surface area (Å²) in [5.74, 6) is -0.678. The Balaban J connectivity index is 2.37. The van der Waals surface area contributed by atoms with Crippen LogP contribution in [0, 0.1) is 5.92 Å². The molecule has 6 nitrogen and oxygen atoms in total. The van der Waals surface area contributed by atoms with Crippen LogP contribution in [-0.4, -0.2) is 38.3 Å². The molecule has 2 N–H and O–H groups in total. The van der Waals surface area contributed by atoms with Crippen molar-refractivity contribution in [2.75, 3.05) is 19.7 Å². The Labute approximate surface area is 135 Å². The molecule has 1 saturated heterocycles. The molecule has 2 rings (SSSR count). The number of ether oxygens (including phenoxy) is 1. The summed E-state index contributed by atoms with van der Waals surface area (Å²) < 4.78 is 32.3. The monoisotopic (exact) mass is 346 g/mol. The number of halogens is 1. The quantitative estimate of drug-likeness (QED) is 0.877. The number of primary amides is 1. The average molecular weight is 347 g/mol. The van der Waals surface area contributed by atoms with E-state index in [2.05, 4.69) is 0 Å². The molecule has 0 saturated carbocycles. The third kappa shape index (κ3) is 3.53. The number of carbonyl (C=O) groups excluding carboxylic acids is 1. The lowest BCUT2D eigenvalue weighted by Gasteiger charge is -2.30. The molecule has 0 aromatic heterocycles. The maximum atomic E-state index is 12.8. The molecule has 122 valence electrons. The Morgan fingerprint density at radius 3 is 2.86 bits per heavy atom. The van der Waals surface area contributed by atoms with Gasteiger partial charge in [0, 0.05) is 18.1 Å². The van der Waals surface area contributed by atoms with Crippen LogP contribution in [0.5, 0.6) is 5.75 Å². The molecule has 22 heavy (non-hydrogen) atoms. The molecule has 0 aliphatic carbocycles. The zero-order valence-electron chi connectivity index (χ0n) is 12.3. The van der Waals surface area contributed by atoms with Gasteiger partial charge in [-0.05, 0) is 38.0 Å². The molecule has 1 aliphatic heterocycles. The van der Waals surface area contributed by atoms with Crippen LogP contribution >= 0.6 is 11.6 Å². The molecule has 0 bridgehead atoms. The first-order chi connectivity index (χ1) is 10.4. The summed E-state index contributed by atoms with van der Waals surface area (Å²) in [7, 11) is -3.79. The van der Waals surface area contributed by atoms with Crippen molar-refractivity contribution in [3.8, 4) is 5.75 Å². The Kier molecular flexibility index (Phi) is 5.31. The fourth-order valence-electron chi connectivity index (χ4n) is 2.49. The highest BCUT2D eigenvalue weighted by molar-refractivity contribution is 7.89. The summed E-state index contributed by atoms with van der Waals surface area (Å²) in [6.07, 6.45) is 1.20. The third-order valence-electron chi connectivity index (χ3n) is 3.61. The van der Waals surface area contributed by atoms with Gasteiger partial charge in [0.25, 0.3) is 0 Å². The molecule has 1 heterocycles. The Bertz CT molecular complexity index is 663. The lowest BCUT2D eigenvalue weighted by molar-refractivity contribution is -0.122. The van der Waals surface area contributed by atoms with Crippen LogP contribution in [0.4, 0.5) is 0 Å². The number of rotatable bonds is 5. The fourth-order valence-corrected chi connectivity index (χ4v) is 4.41. The molecule has 1 fully saturated rings. The van der Waals surface area contributed by atoms with Gasteiger partial charge in [0.1, 0.15) is 10.6 Å². The zero-order valence-corrected chi connectivity index (χ0v) is 13.9. The number of hydrogen-bond donors (Lipinski definition) is 1. The van der Waals surface area contributed by atoms with Gasteiger partial charge in [-0.25, -0.2) is 8.42 Å². The number of benzene rings is 1. The van der Waals surface area contributed by atoms with Crippen LogP contribution in [0.3, 0.4) is 0 Å². The number of hydrogen-bond acceptors (Lipinski definition) is 4. The van der Waals surface area contributed by atoms with E-state index in [1.165, 1.54) is 16.4 Å². The van der Waals surface area contributed by atoms with E-state index in [0.29, 0.717) is 31.0 Å². The Morgan fingerprint density at radius 1 is 1.50 bits per heavy atom. The largest absolute Gasteiger partial charge is 0.492 e. The number of amides is 1. The molecular formula is C14H19ClN2O4S. The maximum Gasteiger partial charge on any atom is 0.246 e. The zero-order chi connectivity index (χ0) is 16.3. The summed E-state index contributed by atoms with van der Waals surface area (Å²) in [4.78, 5) is 11.4. The predicted octanol–water partition coefficient (Wildman–Crippen LogP) is 1.62. The second-order valence-electron chi connectivity index (χ2n) is 5.13. The highest BCUT2D eigenvalue weighted by atomic mass is 35.5. The minimum atomic E-state index is -3.79. The molecule has 0 spiro atoms. The minimum Gasteiger partial charge on any atom is -0.492 e. The lowest BCUT2D eigenvalue weighted by Crippen LogP contribution is -2.44. The molecule has 1 aliphatic rings. The molecule has 0 radical (unpaired) electrons. The van der Waals surface area contributed by atoms with E-state index in [0.717, 1.165) is 0 Å². The van der Waals surface area contributed by atoms with Crippen LogP contribution in [0.15, 0.2) is 23.1 Å². The molecule has 0 unspecified atom stereocenters. The first-order valence-electron chi connectivity index (χ1n) is 7.08. The van der Waals surface area contributed by atoms with E-state index in [9.17, 15) is 13.2 Å². The van der Waals surface area contributed by atoms with Crippen LogP contribution in [0.1, 0.15) is 19.8 Å². The van der Waals surface area contributed by atoms with Gasteiger partial charge in [-0.3, -0.25) is 4.79 Å². The number of nitrogens with two attached hydrogens (primary N) is 1. The Hall–Kier alpha value is -1.31. The van der Waals surface area contributed by atoms with Gasteiger partial charge in [0.05, 0.1) is 12.5 Å². The fraction of sp³-hybridized carbons (Fsp3) is 0.500. The number of piperidine rings is 1. The van der Waals surface area contributed by atoms with Gasteiger partial charge in [-0.15, -0.1) is 0 Å². The number of nitrogens with zero attached hydrogens (tertiary/aromatic N) is 1. The SMILES string of the molecule is CCOc1ccc(Cl)cc1S(=O)(=O)N1CCC[C@H](C(N)=O)C1. The maximum absolute atomic E-state index is 12.8. The van der Waals surface area contributed by atoms with Crippen molar-refractivity contribution in [1.82, 2.24) is 4.31 Å². The second kappa shape index (κ2) is 6.85. The van der Waals surface area contributed by atoms with Crippen LogP contribution < -0.4 is 10.5 Å². The van der Waals surface area contributed by atoms with Crippen LogP contribution in [0.25, 0.3) is 0 Å². The summed E-state index contributed by atoms with van der Waals surface area (Å²) >= 11 is 5.93. The lowest BCUT2D eigenvalue weighted by atomic mass is 9.99. The van der Waals surface area contributed by atoms with Crippen molar-refractivity contribution < 1.29 is 17.9 Å². The minimum absolute atomic E-state index is 0.0203. The van der Waals surface area contributed by atoms with E-state index in [1.807, 2.05) is 0 Å². The summed E-state index contributed by atoms with van der Waals surface area (Å²) in [6.45, 7) is 2.56. The number of carbonyl (C=O) groups is 1. The van der Waals surface area contributed by atoms with Crippen molar-refractivity contribution in [1.29, 1.82) is 0 Å². The Morgan fingerprint density at radius 2 is 2.23 bits per heavy atom. The van der Waals surface area contributed by atoms with Crippen LogP contribution in [0.2, 0.25) is 5.02 Å². The third-order valence-corrected chi connectivity index (χ3v) is 5.73. The topological polar surface area (TPSA) is 89.7 Å². The van der Waals surface area contributed by atoms with E-state index in [-0.39, 0.29) is 17.2 Å². The van der Waals surface area contributed by atoms with Crippen LogP contribution in [-0.2, 0) is 14.8 Å². The van der Waals surface area contributed by atoms with E-state index < -0.39 is 21.8 Å². The van der Waals surface area contributed by atoms with Gasteiger partial charge < -0.3 is 10.5 Å². The van der Waals surface area contributed by atoms with Gasteiger partial charge >= 0.3 is 0 Å². The van der Waals surface area contributed by atoms with E-state index >= 15 is 0 Å². The van der Waals surface area contributed by atoms with Gasteiger partial charge in [0.15, 0.2) is 0 Å². The van der Waals surface area contributed by atoms with Crippen molar-refractivity contribution in [2.45, 2.75) is 24.7 Å². The average Bonchev–Trinajstić information content (AvgIpc) is 2.49. The van der Waals surface area contributed by atoms with Gasteiger partial charge in [0.2, 0.25) is 15.9 Å². The first kappa shape index (κ1) is 17.1. The summed E-state index contributed by atoms with van der Waals surface area (Å²) in [5, 5.41) is 0.311. The molecule has 1 aromatic carbocycles. The van der Waals surface area contributed by atoms with E-state index in [1.54, 1.807) is 13.0 Å². The normalized spacial score (nSPS) is 19.8. The van der Waals surface area contributed by atoms with Crippen molar-refractivity contribution in [3.05, 3.63) is 23.2 Å². The molecule has 1 atom stereocenters. The van der Waals surface area contributed by atoms with Gasteiger partial charge in [-0.2, -0.15) is 4.31 Å². The van der Waals surface area contributed by atoms with Gasteiger partial charge in [-0.1, -0.05) is 11.6 Å². The molecule has 1 amide bonds. The first-order valence-corrected chi connectivity index (χ1v) is 8.90. The van der Waals surface area contributed by atoms with Crippen molar-refractivity contribution in [2.24, 2.45) is 11.7 Å². The van der Waals surface area contributed by atoms with Crippen molar-refractivity contribution in [3.63, 3.8) is 0 Å². The molecule has 1 aromatic rings.